The van der Waals surface area contributed by atoms with Gasteiger partial charge in [0.05, 0.1) is 22.4 Å². The van der Waals surface area contributed by atoms with Crippen molar-refractivity contribution in [2.45, 2.75) is 25.9 Å². The summed E-state index contributed by atoms with van der Waals surface area (Å²) in [6.07, 6.45) is 2.37. The number of benzene rings is 1. The minimum atomic E-state index is -0.969. The van der Waals surface area contributed by atoms with Crippen molar-refractivity contribution < 1.29 is 14.6 Å². The summed E-state index contributed by atoms with van der Waals surface area (Å²) < 4.78 is 5.63. The van der Waals surface area contributed by atoms with E-state index in [0.717, 1.165) is 31.7 Å². The Morgan fingerprint density at radius 1 is 1.58 bits per heavy atom. The van der Waals surface area contributed by atoms with Crippen LogP contribution in [0.2, 0.25) is 5.02 Å². The topological polar surface area (TPSA) is 58.6 Å². The van der Waals surface area contributed by atoms with Gasteiger partial charge in [-0.3, -0.25) is 0 Å². The fourth-order valence-corrected chi connectivity index (χ4v) is 2.66. The molecule has 4 nitrogen and oxygen atoms in total. The van der Waals surface area contributed by atoms with Gasteiger partial charge in [0, 0.05) is 19.1 Å². The summed E-state index contributed by atoms with van der Waals surface area (Å²) in [7, 11) is 0. The molecule has 2 N–H and O–H groups in total. The van der Waals surface area contributed by atoms with Gasteiger partial charge in [-0.25, -0.2) is 4.79 Å². The highest BCUT2D eigenvalue weighted by Crippen LogP contribution is 2.27. The van der Waals surface area contributed by atoms with Crippen LogP contribution >= 0.6 is 11.6 Å². The van der Waals surface area contributed by atoms with Gasteiger partial charge >= 0.3 is 5.97 Å². The molecule has 2 unspecified atom stereocenters. The number of hydrogen-bond acceptors (Lipinski definition) is 3. The molecule has 1 fully saturated rings. The Morgan fingerprint density at radius 3 is 3.00 bits per heavy atom. The summed E-state index contributed by atoms with van der Waals surface area (Å²) in [5.41, 5.74) is 0.972. The lowest BCUT2D eigenvalue weighted by Crippen LogP contribution is -2.22. The Balaban J connectivity index is 1.98. The van der Waals surface area contributed by atoms with Crippen LogP contribution in [-0.2, 0) is 4.74 Å². The predicted molar refractivity (Wildman–Crippen MR) is 75.0 cm³/mol. The molecule has 0 spiro atoms. The summed E-state index contributed by atoms with van der Waals surface area (Å²) in [6, 6.07) is 4.73. The minimum absolute atomic E-state index is 0.200. The highest BCUT2D eigenvalue weighted by molar-refractivity contribution is 6.33. The van der Waals surface area contributed by atoms with E-state index < -0.39 is 5.97 Å². The number of anilines is 1. The number of aromatic carboxylic acids is 1. The van der Waals surface area contributed by atoms with Crippen LogP contribution in [0.5, 0.6) is 0 Å². The molecule has 19 heavy (non-hydrogen) atoms. The molecule has 1 heterocycles. The van der Waals surface area contributed by atoms with Gasteiger partial charge in [-0.05, 0) is 31.0 Å². The summed E-state index contributed by atoms with van der Waals surface area (Å²) >= 11 is 6.07. The molecular weight excluding hydrogens is 266 g/mol. The van der Waals surface area contributed by atoms with Crippen molar-refractivity contribution in [2.24, 2.45) is 5.92 Å². The summed E-state index contributed by atoms with van der Waals surface area (Å²) in [5, 5.41) is 12.6. The largest absolute Gasteiger partial charge is 0.478 e. The second-order valence-corrected chi connectivity index (χ2v) is 5.15. The SMILES string of the molecule is CCC1OCCC1CNc1ccc(C(=O)O)cc1Cl. The fraction of sp³-hybridized carbons (Fsp3) is 0.500. The second-order valence-electron chi connectivity index (χ2n) is 4.75. The standard InChI is InChI=1S/C14H18ClNO3/c1-2-13-10(5-6-19-13)8-16-12-4-3-9(14(17)18)7-11(12)15/h3-4,7,10,13,16H,2,5-6,8H2,1H3,(H,17,18). The molecule has 1 aliphatic rings. The molecule has 1 saturated heterocycles. The van der Waals surface area contributed by atoms with Gasteiger partial charge < -0.3 is 15.2 Å². The van der Waals surface area contributed by atoms with E-state index >= 15 is 0 Å². The molecule has 5 heteroatoms. The van der Waals surface area contributed by atoms with Crippen molar-refractivity contribution in [3.63, 3.8) is 0 Å². The Labute approximate surface area is 117 Å². The molecule has 0 aliphatic carbocycles. The highest BCUT2D eigenvalue weighted by atomic mass is 35.5. The molecule has 1 aromatic rings. The molecule has 0 radical (unpaired) electrons. The minimum Gasteiger partial charge on any atom is -0.478 e. The van der Waals surface area contributed by atoms with Crippen LogP contribution in [-0.4, -0.2) is 30.3 Å². The lowest BCUT2D eigenvalue weighted by Gasteiger charge is -2.18. The zero-order valence-corrected chi connectivity index (χ0v) is 11.6. The lowest BCUT2D eigenvalue weighted by atomic mass is 9.99. The second kappa shape index (κ2) is 6.26. The third-order valence-corrected chi connectivity index (χ3v) is 3.83. The zero-order chi connectivity index (χ0) is 13.8. The van der Waals surface area contributed by atoms with E-state index in [1.54, 1.807) is 12.1 Å². The van der Waals surface area contributed by atoms with Crippen LogP contribution in [0.4, 0.5) is 5.69 Å². The molecule has 1 aliphatic heterocycles. The predicted octanol–water partition coefficient (Wildman–Crippen LogP) is 3.27. The highest BCUT2D eigenvalue weighted by Gasteiger charge is 2.26. The number of ether oxygens (including phenoxy) is 1. The fourth-order valence-electron chi connectivity index (χ4n) is 2.41. The van der Waals surface area contributed by atoms with Crippen molar-refractivity contribution in [3.05, 3.63) is 28.8 Å². The first-order valence-electron chi connectivity index (χ1n) is 6.50. The number of hydrogen-bond donors (Lipinski definition) is 2. The first-order valence-corrected chi connectivity index (χ1v) is 6.88. The van der Waals surface area contributed by atoms with Crippen LogP contribution in [0, 0.1) is 5.92 Å². The quantitative estimate of drug-likeness (QED) is 0.871. The van der Waals surface area contributed by atoms with Crippen LogP contribution < -0.4 is 5.32 Å². The Hall–Kier alpha value is -1.26. The number of carboxylic acids is 1. The van der Waals surface area contributed by atoms with Crippen molar-refractivity contribution >= 4 is 23.3 Å². The van der Waals surface area contributed by atoms with E-state index in [-0.39, 0.29) is 5.56 Å². The lowest BCUT2D eigenvalue weighted by molar-refractivity contribution is 0.0697. The van der Waals surface area contributed by atoms with Crippen molar-refractivity contribution in [1.29, 1.82) is 0 Å². The first-order chi connectivity index (χ1) is 9.11. The number of carboxylic acid groups (broad SMARTS) is 1. The van der Waals surface area contributed by atoms with Crippen LogP contribution in [0.25, 0.3) is 0 Å². The summed E-state index contributed by atoms with van der Waals surface area (Å²) in [4.78, 5) is 10.8. The van der Waals surface area contributed by atoms with E-state index in [2.05, 4.69) is 12.2 Å². The van der Waals surface area contributed by atoms with Gasteiger partial charge in [-0.15, -0.1) is 0 Å². The summed E-state index contributed by atoms with van der Waals surface area (Å²) in [5.74, 6) is -0.482. The average Bonchev–Trinajstić information content (AvgIpc) is 2.84. The number of rotatable bonds is 5. The molecule has 0 amide bonds. The van der Waals surface area contributed by atoms with Crippen LogP contribution in [0.3, 0.4) is 0 Å². The smallest absolute Gasteiger partial charge is 0.335 e. The van der Waals surface area contributed by atoms with Gasteiger partial charge in [0.2, 0.25) is 0 Å². The third-order valence-electron chi connectivity index (χ3n) is 3.52. The normalized spacial score (nSPS) is 22.4. The molecule has 0 saturated carbocycles. The van der Waals surface area contributed by atoms with E-state index in [0.29, 0.717) is 17.0 Å². The van der Waals surface area contributed by atoms with Gasteiger partial charge in [0.25, 0.3) is 0 Å². The maximum Gasteiger partial charge on any atom is 0.335 e. The maximum absolute atomic E-state index is 10.8. The Kier molecular flexibility index (Phi) is 4.66. The van der Waals surface area contributed by atoms with Crippen molar-refractivity contribution in [1.82, 2.24) is 0 Å². The molecule has 1 aromatic carbocycles. The van der Waals surface area contributed by atoms with Crippen molar-refractivity contribution in [3.8, 4) is 0 Å². The van der Waals surface area contributed by atoms with Gasteiger partial charge in [-0.2, -0.15) is 0 Å². The Morgan fingerprint density at radius 2 is 2.37 bits per heavy atom. The number of carbonyl (C=O) groups is 1. The van der Waals surface area contributed by atoms with E-state index in [9.17, 15) is 4.79 Å². The van der Waals surface area contributed by atoms with Crippen LogP contribution in [0.1, 0.15) is 30.1 Å². The van der Waals surface area contributed by atoms with Gasteiger partial charge in [-0.1, -0.05) is 18.5 Å². The van der Waals surface area contributed by atoms with Gasteiger partial charge in [0.1, 0.15) is 0 Å². The molecule has 0 bridgehead atoms. The maximum atomic E-state index is 10.8. The number of halogens is 1. The molecule has 2 rings (SSSR count). The average molecular weight is 284 g/mol. The van der Waals surface area contributed by atoms with Crippen LogP contribution in [0.15, 0.2) is 18.2 Å². The van der Waals surface area contributed by atoms with Gasteiger partial charge in [0.15, 0.2) is 0 Å². The molecule has 104 valence electrons. The Bertz CT molecular complexity index is 464. The van der Waals surface area contributed by atoms with Crippen molar-refractivity contribution in [2.75, 3.05) is 18.5 Å². The van der Waals surface area contributed by atoms with E-state index in [1.165, 1.54) is 6.07 Å². The van der Waals surface area contributed by atoms with E-state index in [1.807, 2.05) is 0 Å². The zero-order valence-electron chi connectivity index (χ0n) is 10.9. The summed E-state index contributed by atoms with van der Waals surface area (Å²) in [6.45, 7) is 3.73. The van der Waals surface area contributed by atoms with E-state index in [4.69, 9.17) is 21.4 Å². The molecular formula is C14H18ClNO3. The molecule has 0 aromatic heterocycles. The number of nitrogens with one attached hydrogen (secondary N) is 1. The third kappa shape index (κ3) is 3.39. The molecule has 2 atom stereocenters. The monoisotopic (exact) mass is 283 g/mol. The first kappa shape index (κ1) is 14.2.